The number of pyridine rings is 1. The molecule has 0 unspecified atom stereocenters. The fourth-order valence-electron chi connectivity index (χ4n) is 6.30. The third-order valence-corrected chi connectivity index (χ3v) is 8.58. The number of hydrogen-bond donors (Lipinski definition) is 0. The first kappa shape index (κ1) is 26.1. The summed E-state index contributed by atoms with van der Waals surface area (Å²) in [7, 11) is 0. The summed E-state index contributed by atoms with van der Waals surface area (Å²) in [4.78, 5) is 22.2. The van der Waals surface area contributed by atoms with Crippen LogP contribution in [0, 0.1) is 5.41 Å². The van der Waals surface area contributed by atoms with Crippen LogP contribution in [-0.4, -0.2) is 20.8 Å². The molecule has 1 fully saturated rings. The predicted molar refractivity (Wildman–Crippen MR) is 167 cm³/mol. The van der Waals surface area contributed by atoms with Crippen LogP contribution >= 0.6 is 0 Å². The number of imidazole rings is 1. The number of para-hydroxylation sites is 1. The number of aromatic nitrogens is 3. The highest BCUT2D eigenvalue weighted by Crippen LogP contribution is 2.40. The van der Waals surface area contributed by atoms with Gasteiger partial charge in [0.25, 0.3) is 0 Å². The van der Waals surface area contributed by atoms with Crippen LogP contribution in [0.2, 0.25) is 0 Å². The number of benzene rings is 4. The maximum atomic E-state index is 12.3. The minimum Gasteiger partial charge on any atom is -0.487 e. The van der Waals surface area contributed by atoms with E-state index in [-0.39, 0.29) is 5.41 Å². The lowest BCUT2D eigenvalue weighted by Gasteiger charge is -2.22. The van der Waals surface area contributed by atoms with Crippen molar-refractivity contribution in [2.45, 2.75) is 45.3 Å². The Labute approximate surface area is 245 Å². The second kappa shape index (κ2) is 11.2. The van der Waals surface area contributed by atoms with Gasteiger partial charge in [0.1, 0.15) is 24.5 Å². The SMILES string of the molecule is O=CC1(Cc2nc3cc(OCc4ccc5ccccc5n4)ccc3n2Cc2cccc(-c3ccccc3)c2)CCCC1. The van der Waals surface area contributed by atoms with Crippen molar-refractivity contribution in [3.05, 3.63) is 126 Å². The molecule has 6 aromatic rings. The lowest BCUT2D eigenvalue weighted by molar-refractivity contribution is -0.116. The van der Waals surface area contributed by atoms with Gasteiger partial charge in [-0.05, 0) is 59.9 Å². The Hall–Kier alpha value is -4.77. The first-order valence-corrected chi connectivity index (χ1v) is 14.8. The van der Waals surface area contributed by atoms with E-state index in [0.717, 1.165) is 64.9 Å². The molecule has 5 nitrogen and oxygen atoms in total. The summed E-state index contributed by atoms with van der Waals surface area (Å²) in [5.41, 5.74) is 7.04. The summed E-state index contributed by atoms with van der Waals surface area (Å²) in [6, 6.07) is 37.5. The van der Waals surface area contributed by atoms with Gasteiger partial charge in [-0.3, -0.25) is 0 Å². The van der Waals surface area contributed by atoms with Gasteiger partial charge < -0.3 is 14.1 Å². The summed E-state index contributed by atoms with van der Waals surface area (Å²) in [5.74, 6) is 1.71. The lowest BCUT2D eigenvalue weighted by atomic mass is 9.84. The molecular formula is C37H33N3O2. The second-order valence-electron chi connectivity index (χ2n) is 11.5. The monoisotopic (exact) mass is 551 g/mol. The molecule has 1 aliphatic carbocycles. The molecule has 4 aromatic carbocycles. The standard InChI is InChI=1S/C37H33N3O2/c41-26-37(19-6-7-20-37)23-36-39-34-22-32(42-25-31-16-15-29-12-4-5-14-33(29)38-31)17-18-35(34)40(36)24-27-9-8-13-30(21-27)28-10-2-1-3-11-28/h1-5,8-18,21-22,26H,6-7,19-20,23-25H2. The molecule has 0 amide bonds. The van der Waals surface area contributed by atoms with Crippen molar-refractivity contribution in [1.29, 1.82) is 0 Å². The van der Waals surface area contributed by atoms with Crippen molar-refractivity contribution in [2.75, 3.05) is 0 Å². The molecule has 0 spiro atoms. The van der Waals surface area contributed by atoms with E-state index in [1.807, 2.05) is 42.5 Å². The van der Waals surface area contributed by atoms with Crippen molar-refractivity contribution in [3.8, 4) is 16.9 Å². The molecule has 0 atom stereocenters. The number of carbonyl (C=O) groups excluding carboxylic acids is 1. The maximum absolute atomic E-state index is 12.3. The van der Waals surface area contributed by atoms with Gasteiger partial charge >= 0.3 is 0 Å². The molecule has 0 radical (unpaired) electrons. The average Bonchev–Trinajstić information content (AvgIpc) is 3.65. The zero-order valence-electron chi connectivity index (χ0n) is 23.6. The summed E-state index contributed by atoms with van der Waals surface area (Å²) < 4.78 is 8.48. The topological polar surface area (TPSA) is 57.0 Å². The van der Waals surface area contributed by atoms with Crippen LogP contribution in [0.15, 0.2) is 109 Å². The van der Waals surface area contributed by atoms with Crippen LogP contribution in [0.1, 0.15) is 42.8 Å². The molecule has 1 aliphatic rings. The highest BCUT2D eigenvalue weighted by atomic mass is 16.5. The van der Waals surface area contributed by atoms with E-state index >= 15 is 0 Å². The fraction of sp³-hybridized carbons (Fsp3) is 0.216. The van der Waals surface area contributed by atoms with Crippen LogP contribution < -0.4 is 4.74 Å². The van der Waals surface area contributed by atoms with E-state index in [9.17, 15) is 4.79 Å². The number of rotatable bonds is 9. The minimum atomic E-state index is -0.327. The maximum Gasteiger partial charge on any atom is 0.130 e. The highest BCUT2D eigenvalue weighted by Gasteiger charge is 2.35. The third-order valence-electron chi connectivity index (χ3n) is 8.58. The number of aldehydes is 1. The zero-order chi connectivity index (χ0) is 28.4. The molecule has 2 heterocycles. The van der Waals surface area contributed by atoms with E-state index in [4.69, 9.17) is 14.7 Å². The van der Waals surface area contributed by atoms with E-state index in [0.29, 0.717) is 19.6 Å². The predicted octanol–water partition coefficient (Wildman–Crippen LogP) is 8.18. The Morgan fingerprint density at radius 3 is 2.43 bits per heavy atom. The van der Waals surface area contributed by atoms with Crippen LogP contribution in [0.3, 0.4) is 0 Å². The Bertz CT molecular complexity index is 1870. The molecule has 208 valence electrons. The molecule has 0 saturated heterocycles. The van der Waals surface area contributed by atoms with Gasteiger partial charge in [0.2, 0.25) is 0 Å². The molecular weight excluding hydrogens is 518 g/mol. The number of ether oxygens (including phenoxy) is 1. The van der Waals surface area contributed by atoms with E-state index in [1.54, 1.807) is 0 Å². The van der Waals surface area contributed by atoms with E-state index < -0.39 is 0 Å². The van der Waals surface area contributed by atoms with Crippen molar-refractivity contribution >= 4 is 28.2 Å². The zero-order valence-corrected chi connectivity index (χ0v) is 23.6. The number of hydrogen-bond acceptors (Lipinski definition) is 4. The van der Waals surface area contributed by atoms with Gasteiger partial charge in [-0.1, -0.05) is 85.6 Å². The Balaban J connectivity index is 1.20. The molecule has 1 saturated carbocycles. The molecule has 2 aromatic heterocycles. The first-order chi connectivity index (χ1) is 20.7. The van der Waals surface area contributed by atoms with E-state index in [1.165, 1.54) is 23.0 Å². The van der Waals surface area contributed by atoms with Crippen LogP contribution in [0.5, 0.6) is 5.75 Å². The van der Waals surface area contributed by atoms with Crippen LogP contribution in [-0.2, 0) is 24.4 Å². The summed E-state index contributed by atoms with van der Waals surface area (Å²) in [6.45, 7) is 1.06. The highest BCUT2D eigenvalue weighted by molar-refractivity contribution is 5.79. The van der Waals surface area contributed by atoms with Crippen molar-refractivity contribution in [3.63, 3.8) is 0 Å². The number of carbonyl (C=O) groups is 1. The Kier molecular flexibility index (Phi) is 7.00. The van der Waals surface area contributed by atoms with Crippen LogP contribution in [0.4, 0.5) is 0 Å². The van der Waals surface area contributed by atoms with Gasteiger partial charge in [0, 0.05) is 29.8 Å². The number of fused-ring (bicyclic) bond motifs is 2. The van der Waals surface area contributed by atoms with Crippen molar-refractivity contribution in [2.24, 2.45) is 5.41 Å². The smallest absolute Gasteiger partial charge is 0.130 e. The molecule has 42 heavy (non-hydrogen) atoms. The van der Waals surface area contributed by atoms with Crippen molar-refractivity contribution in [1.82, 2.24) is 14.5 Å². The molecule has 0 bridgehead atoms. The Morgan fingerprint density at radius 2 is 1.57 bits per heavy atom. The van der Waals surface area contributed by atoms with Crippen molar-refractivity contribution < 1.29 is 9.53 Å². The summed E-state index contributed by atoms with van der Waals surface area (Å²) >= 11 is 0. The van der Waals surface area contributed by atoms with Gasteiger partial charge in [-0.15, -0.1) is 0 Å². The van der Waals surface area contributed by atoms with Gasteiger partial charge in [0.05, 0.1) is 22.2 Å². The third kappa shape index (κ3) is 5.30. The van der Waals surface area contributed by atoms with Gasteiger partial charge in [0.15, 0.2) is 0 Å². The summed E-state index contributed by atoms with van der Waals surface area (Å²) in [5, 5.41) is 1.12. The molecule has 0 aliphatic heterocycles. The van der Waals surface area contributed by atoms with Crippen LogP contribution in [0.25, 0.3) is 33.1 Å². The Morgan fingerprint density at radius 1 is 0.762 bits per heavy atom. The lowest BCUT2D eigenvalue weighted by Crippen LogP contribution is -2.24. The number of nitrogens with zero attached hydrogens (tertiary/aromatic N) is 3. The van der Waals surface area contributed by atoms with Gasteiger partial charge in [-0.25, -0.2) is 9.97 Å². The fourth-order valence-corrected chi connectivity index (χ4v) is 6.30. The van der Waals surface area contributed by atoms with E-state index in [2.05, 4.69) is 71.3 Å². The normalized spacial score (nSPS) is 14.4. The second-order valence-corrected chi connectivity index (χ2v) is 11.5. The molecule has 0 N–H and O–H groups in total. The minimum absolute atomic E-state index is 0.327. The molecule has 7 rings (SSSR count). The van der Waals surface area contributed by atoms with Gasteiger partial charge in [-0.2, -0.15) is 0 Å². The quantitative estimate of drug-likeness (QED) is 0.170. The average molecular weight is 552 g/mol. The molecule has 5 heteroatoms. The summed E-state index contributed by atoms with van der Waals surface area (Å²) in [6.07, 6.45) is 5.88. The largest absolute Gasteiger partial charge is 0.487 e. The first-order valence-electron chi connectivity index (χ1n) is 14.8.